The van der Waals surface area contributed by atoms with Gasteiger partial charge < -0.3 is 5.32 Å². The lowest BCUT2D eigenvalue weighted by molar-refractivity contribution is 0.738. The molecule has 0 fully saturated rings. The highest BCUT2D eigenvalue weighted by atomic mass is 35.5. The van der Waals surface area contributed by atoms with Gasteiger partial charge in [-0.25, -0.2) is 0 Å². The summed E-state index contributed by atoms with van der Waals surface area (Å²) in [6, 6.07) is 10.4. The average Bonchev–Trinajstić information content (AvgIpc) is 2.85. The van der Waals surface area contributed by atoms with Crippen molar-refractivity contribution in [3.05, 3.63) is 63.9 Å². The molecule has 1 aliphatic carbocycles. The molecule has 98 valence electrons. The van der Waals surface area contributed by atoms with Crippen LogP contribution in [0.4, 0.5) is 0 Å². The van der Waals surface area contributed by atoms with Crippen LogP contribution >= 0.6 is 11.6 Å². The van der Waals surface area contributed by atoms with Gasteiger partial charge in [-0.3, -0.25) is 4.98 Å². The molecule has 0 bridgehead atoms. The Balaban J connectivity index is 2.05. The number of nitrogens with zero attached hydrogens (tertiary/aromatic N) is 1. The van der Waals surface area contributed by atoms with E-state index in [1.54, 1.807) is 0 Å². The Hall–Kier alpha value is -1.38. The largest absolute Gasteiger partial charge is 0.316 e. The number of pyridine rings is 1. The highest BCUT2D eigenvalue weighted by Crippen LogP contribution is 2.38. The number of aromatic nitrogens is 1. The van der Waals surface area contributed by atoms with Crippen LogP contribution in [0, 0.1) is 0 Å². The number of rotatable bonds is 3. The van der Waals surface area contributed by atoms with E-state index in [9.17, 15) is 0 Å². The van der Waals surface area contributed by atoms with E-state index in [2.05, 4.69) is 28.5 Å². The lowest BCUT2D eigenvalue weighted by Crippen LogP contribution is -2.10. The van der Waals surface area contributed by atoms with Gasteiger partial charge >= 0.3 is 0 Å². The van der Waals surface area contributed by atoms with Gasteiger partial charge in [-0.05, 0) is 54.8 Å². The summed E-state index contributed by atoms with van der Waals surface area (Å²) in [5.41, 5.74) is 5.24. The molecule has 3 rings (SSSR count). The molecule has 0 saturated heterocycles. The summed E-state index contributed by atoms with van der Waals surface area (Å²) >= 11 is 6.18. The Morgan fingerprint density at radius 2 is 2.26 bits per heavy atom. The van der Waals surface area contributed by atoms with Crippen molar-refractivity contribution in [3.63, 3.8) is 0 Å². The summed E-state index contributed by atoms with van der Waals surface area (Å²) in [6.07, 6.45) is 4.13. The van der Waals surface area contributed by atoms with Crippen LogP contribution < -0.4 is 5.32 Å². The van der Waals surface area contributed by atoms with Gasteiger partial charge in [0.15, 0.2) is 0 Å². The molecule has 1 unspecified atom stereocenters. The normalized spacial score (nSPS) is 17.5. The molecule has 0 amide bonds. The molecule has 1 aromatic heterocycles. The van der Waals surface area contributed by atoms with Crippen molar-refractivity contribution in [2.75, 3.05) is 7.05 Å². The molecule has 2 aromatic rings. The Labute approximate surface area is 118 Å². The fourth-order valence-electron chi connectivity index (χ4n) is 2.96. The van der Waals surface area contributed by atoms with E-state index in [0.717, 1.165) is 24.4 Å². The van der Waals surface area contributed by atoms with Crippen LogP contribution in [0.25, 0.3) is 0 Å². The first kappa shape index (κ1) is 12.6. The van der Waals surface area contributed by atoms with Crippen LogP contribution in [0.5, 0.6) is 0 Å². The minimum atomic E-state index is 0.387. The van der Waals surface area contributed by atoms with Gasteiger partial charge in [0.1, 0.15) is 0 Å². The van der Waals surface area contributed by atoms with Crippen LogP contribution in [0.3, 0.4) is 0 Å². The van der Waals surface area contributed by atoms with E-state index in [0.29, 0.717) is 5.92 Å². The second kappa shape index (κ2) is 5.32. The van der Waals surface area contributed by atoms with Crippen LogP contribution in [-0.2, 0) is 13.0 Å². The first-order valence-electron chi connectivity index (χ1n) is 6.66. The molecule has 1 heterocycles. The number of hydrogen-bond acceptors (Lipinski definition) is 2. The second-order valence-corrected chi connectivity index (χ2v) is 5.45. The second-order valence-electron chi connectivity index (χ2n) is 5.01. The molecule has 2 nitrogen and oxygen atoms in total. The van der Waals surface area contributed by atoms with Crippen molar-refractivity contribution in [2.45, 2.75) is 25.3 Å². The molecule has 0 saturated carbocycles. The Morgan fingerprint density at radius 3 is 3.11 bits per heavy atom. The van der Waals surface area contributed by atoms with Gasteiger partial charge in [0, 0.05) is 23.7 Å². The zero-order chi connectivity index (χ0) is 13.2. The fraction of sp³-hybridized carbons (Fsp3) is 0.312. The minimum Gasteiger partial charge on any atom is -0.316 e. The molecule has 3 heteroatoms. The van der Waals surface area contributed by atoms with Crippen molar-refractivity contribution in [3.8, 4) is 0 Å². The molecular weight excluding hydrogens is 256 g/mol. The number of nitrogens with one attached hydrogen (secondary N) is 1. The van der Waals surface area contributed by atoms with Crippen molar-refractivity contribution >= 4 is 11.6 Å². The van der Waals surface area contributed by atoms with Crippen molar-refractivity contribution in [2.24, 2.45) is 0 Å². The molecule has 19 heavy (non-hydrogen) atoms. The lowest BCUT2D eigenvalue weighted by atomic mass is 9.92. The fourth-order valence-corrected chi connectivity index (χ4v) is 3.14. The van der Waals surface area contributed by atoms with Gasteiger partial charge in [0.2, 0.25) is 0 Å². The van der Waals surface area contributed by atoms with Gasteiger partial charge in [0.05, 0.1) is 5.69 Å². The van der Waals surface area contributed by atoms with E-state index in [-0.39, 0.29) is 0 Å². The third kappa shape index (κ3) is 2.38. The summed E-state index contributed by atoms with van der Waals surface area (Å²) in [4.78, 5) is 4.58. The van der Waals surface area contributed by atoms with Crippen molar-refractivity contribution in [1.82, 2.24) is 10.3 Å². The highest BCUT2D eigenvalue weighted by molar-refractivity contribution is 6.30. The molecule has 0 aliphatic heterocycles. The molecule has 1 atom stereocenters. The molecule has 1 aliphatic rings. The van der Waals surface area contributed by atoms with Crippen LogP contribution in [0.1, 0.15) is 34.7 Å². The van der Waals surface area contributed by atoms with E-state index >= 15 is 0 Å². The molecule has 0 radical (unpaired) electrons. The molecule has 0 spiro atoms. The SMILES string of the molecule is CNCc1ccc(Cl)cc1C1CCc2cccnc21. The Morgan fingerprint density at radius 1 is 1.37 bits per heavy atom. The molecular formula is C16H17ClN2. The third-order valence-electron chi connectivity index (χ3n) is 3.81. The number of halogens is 1. The summed E-state index contributed by atoms with van der Waals surface area (Å²) in [6.45, 7) is 0.866. The topological polar surface area (TPSA) is 24.9 Å². The first-order valence-corrected chi connectivity index (χ1v) is 7.04. The Bertz CT molecular complexity index is 595. The summed E-state index contributed by atoms with van der Waals surface area (Å²) in [5.74, 6) is 0.387. The lowest BCUT2D eigenvalue weighted by Gasteiger charge is -2.16. The summed E-state index contributed by atoms with van der Waals surface area (Å²) in [7, 11) is 1.97. The predicted molar refractivity (Wildman–Crippen MR) is 78.6 cm³/mol. The number of benzene rings is 1. The van der Waals surface area contributed by atoms with E-state index in [4.69, 9.17) is 11.6 Å². The van der Waals surface area contributed by atoms with Crippen LogP contribution in [-0.4, -0.2) is 12.0 Å². The van der Waals surface area contributed by atoms with Gasteiger partial charge in [-0.2, -0.15) is 0 Å². The van der Waals surface area contributed by atoms with E-state index in [1.807, 2.05) is 25.4 Å². The minimum absolute atomic E-state index is 0.387. The standard InChI is InChI=1S/C16H17ClN2/c1-18-10-12-4-6-13(17)9-15(12)14-7-5-11-3-2-8-19-16(11)14/h2-4,6,8-9,14,18H,5,7,10H2,1H3. The monoisotopic (exact) mass is 272 g/mol. The average molecular weight is 273 g/mol. The smallest absolute Gasteiger partial charge is 0.0510 e. The summed E-state index contributed by atoms with van der Waals surface area (Å²) in [5, 5.41) is 4.03. The zero-order valence-electron chi connectivity index (χ0n) is 11.0. The zero-order valence-corrected chi connectivity index (χ0v) is 11.7. The van der Waals surface area contributed by atoms with Crippen LogP contribution in [0.2, 0.25) is 5.02 Å². The summed E-state index contributed by atoms with van der Waals surface area (Å²) < 4.78 is 0. The maximum Gasteiger partial charge on any atom is 0.0510 e. The van der Waals surface area contributed by atoms with Gasteiger partial charge in [-0.1, -0.05) is 23.7 Å². The number of aryl methyl sites for hydroxylation is 1. The van der Waals surface area contributed by atoms with Gasteiger partial charge in [-0.15, -0.1) is 0 Å². The molecule has 1 N–H and O–H groups in total. The Kier molecular flexibility index (Phi) is 3.54. The predicted octanol–water partition coefficient (Wildman–Crippen LogP) is 3.53. The van der Waals surface area contributed by atoms with E-state index < -0.39 is 0 Å². The van der Waals surface area contributed by atoms with Crippen molar-refractivity contribution in [1.29, 1.82) is 0 Å². The maximum absolute atomic E-state index is 6.18. The quantitative estimate of drug-likeness (QED) is 0.925. The van der Waals surface area contributed by atoms with Crippen LogP contribution in [0.15, 0.2) is 36.5 Å². The number of hydrogen-bond donors (Lipinski definition) is 1. The maximum atomic E-state index is 6.18. The van der Waals surface area contributed by atoms with E-state index in [1.165, 1.54) is 22.4 Å². The van der Waals surface area contributed by atoms with Gasteiger partial charge in [0.25, 0.3) is 0 Å². The highest BCUT2D eigenvalue weighted by Gasteiger charge is 2.26. The number of fused-ring (bicyclic) bond motifs is 1. The molecule has 1 aromatic carbocycles. The third-order valence-corrected chi connectivity index (χ3v) is 4.04. The first-order chi connectivity index (χ1) is 9.29. The van der Waals surface area contributed by atoms with Crippen molar-refractivity contribution < 1.29 is 0 Å².